The zero-order valence-electron chi connectivity index (χ0n) is 5.78. The van der Waals surface area contributed by atoms with Crippen molar-refractivity contribution in [2.75, 3.05) is 0 Å². The fourth-order valence-electron chi connectivity index (χ4n) is 1.07. The van der Waals surface area contributed by atoms with E-state index in [1.54, 1.807) is 4.68 Å². The zero-order valence-corrected chi connectivity index (χ0v) is 5.78. The number of nitrogens with zero attached hydrogens (tertiary/aromatic N) is 4. The molecule has 0 spiro atoms. The van der Waals surface area contributed by atoms with Gasteiger partial charge in [-0.25, -0.2) is 9.67 Å². The molecule has 1 aromatic heterocycles. The molecule has 0 fully saturated rings. The summed E-state index contributed by atoms with van der Waals surface area (Å²) >= 11 is 0. The molecule has 2 heterocycles. The minimum absolute atomic E-state index is 0.909. The highest BCUT2D eigenvalue weighted by molar-refractivity contribution is 5.65. The van der Waals surface area contributed by atoms with Crippen molar-refractivity contribution in [3.63, 3.8) is 0 Å². The minimum Gasteiger partial charge on any atom is -0.240 e. The second-order valence-electron chi connectivity index (χ2n) is 2.33. The van der Waals surface area contributed by atoms with E-state index in [1.165, 1.54) is 0 Å². The van der Waals surface area contributed by atoms with Gasteiger partial charge < -0.3 is 0 Å². The molecule has 0 aromatic carbocycles. The molecule has 0 atom stereocenters. The molecule has 0 saturated carbocycles. The molecule has 0 bridgehead atoms. The Bertz CT molecular complexity index is 273. The van der Waals surface area contributed by atoms with E-state index in [0.717, 1.165) is 24.4 Å². The summed E-state index contributed by atoms with van der Waals surface area (Å²) in [6.07, 6.45) is 3.88. The van der Waals surface area contributed by atoms with Gasteiger partial charge in [-0.3, -0.25) is 0 Å². The molecule has 0 N–H and O–H groups in total. The quantitative estimate of drug-likeness (QED) is 0.520. The molecule has 4 nitrogen and oxygen atoms in total. The maximum Gasteiger partial charge on any atom is 0.173 e. The van der Waals surface area contributed by atoms with Gasteiger partial charge in [0.25, 0.3) is 0 Å². The molecule has 10 heavy (non-hydrogen) atoms. The summed E-state index contributed by atoms with van der Waals surface area (Å²) in [5, 5.41) is 7.81. The van der Waals surface area contributed by atoms with Crippen LogP contribution in [-0.2, 0) is 13.5 Å². The Morgan fingerprint density at radius 1 is 1.60 bits per heavy atom. The first-order valence-electron chi connectivity index (χ1n) is 3.29. The lowest BCUT2D eigenvalue weighted by molar-refractivity contribution is 0.717. The van der Waals surface area contributed by atoms with E-state index in [9.17, 15) is 0 Å². The molecule has 0 saturated heterocycles. The summed E-state index contributed by atoms with van der Waals surface area (Å²) < 4.78 is 1.70. The van der Waals surface area contributed by atoms with Crippen LogP contribution >= 0.6 is 0 Å². The van der Waals surface area contributed by atoms with Crippen LogP contribution in [0.5, 0.6) is 0 Å². The largest absolute Gasteiger partial charge is 0.240 e. The van der Waals surface area contributed by atoms with Crippen molar-refractivity contribution in [1.82, 2.24) is 15.0 Å². The Kier molecular flexibility index (Phi) is 1.06. The minimum atomic E-state index is 0.909. The van der Waals surface area contributed by atoms with Crippen LogP contribution in [0.2, 0.25) is 0 Å². The van der Waals surface area contributed by atoms with Crippen LogP contribution in [-0.4, -0.2) is 21.2 Å². The molecule has 0 radical (unpaired) electrons. The first-order valence-corrected chi connectivity index (χ1v) is 3.29. The summed E-state index contributed by atoms with van der Waals surface area (Å²) in [5.74, 6) is 0.909. The van der Waals surface area contributed by atoms with Crippen LogP contribution < -0.4 is 0 Å². The van der Waals surface area contributed by atoms with Crippen molar-refractivity contribution in [2.24, 2.45) is 12.0 Å². The van der Waals surface area contributed by atoms with Crippen molar-refractivity contribution in [2.45, 2.75) is 12.8 Å². The Labute approximate surface area is 58.6 Å². The highest BCUT2D eigenvalue weighted by Gasteiger charge is 2.10. The predicted octanol–water partition coefficient (Wildman–Crippen LogP) is 0.464. The number of aliphatic imine (C=N–C) groups is 1. The van der Waals surface area contributed by atoms with E-state index in [1.807, 2.05) is 13.3 Å². The van der Waals surface area contributed by atoms with Gasteiger partial charge in [0.05, 0.1) is 0 Å². The maximum absolute atomic E-state index is 4.17. The van der Waals surface area contributed by atoms with E-state index in [2.05, 4.69) is 15.3 Å². The summed E-state index contributed by atoms with van der Waals surface area (Å²) in [6, 6.07) is 0. The van der Waals surface area contributed by atoms with Crippen LogP contribution in [0.1, 0.15) is 12.1 Å². The van der Waals surface area contributed by atoms with E-state index in [-0.39, 0.29) is 0 Å². The van der Waals surface area contributed by atoms with Gasteiger partial charge in [-0.05, 0) is 6.42 Å². The van der Waals surface area contributed by atoms with Gasteiger partial charge in [-0.15, -0.1) is 5.10 Å². The topological polar surface area (TPSA) is 43.1 Å². The third-order valence-corrected chi connectivity index (χ3v) is 1.59. The molecule has 4 heteroatoms. The first-order chi connectivity index (χ1) is 4.88. The molecule has 0 amide bonds. The van der Waals surface area contributed by atoms with Crippen LogP contribution in [0, 0.1) is 0 Å². The average Bonchev–Trinajstić information content (AvgIpc) is 2.34. The average molecular weight is 136 g/mol. The standard InChI is InChI=1S/C6H8N4/c1-10-6-5(8-9-10)3-2-4-7-6/h4H,2-3H2,1H3. The third-order valence-electron chi connectivity index (χ3n) is 1.59. The predicted molar refractivity (Wildman–Crippen MR) is 37.5 cm³/mol. The van der Waals surface area contributed by atoms with Gasteiger partial charge in [0, 0.05) is 19.7 Å². The molecule has 1 aromatic rings. The molecule has 52 valence electrons. The maximum atomic E-state index is 4.17. The lowest BCUT2D eigenvalue weighted by Crippen LogP contribution is -1.94. The first kappa shape index (κ1) is 5.58. The molecular weight excluding hydrogens is 128 g/mol. The van der Waals surface area contributed by atoms with Crippen molar-refractivity contribution >= 4 is 12.0 Å². The van der Waals surface area contributed by atoms with Crippen LogP contribution in [0.3, 0.4) is 0 Å². The Hall–Kier alpha value is -1.19. The molecule has 0 aliphatic carbocycles. The Morgan fingerprint density at radius 2 is 2.50 bits per heavy atom. The fourth-order valence-corrected chi connectivity index (χ4v) is 1.07. The van der Waals surface area contributed by atoms with Crippen LogP contribution in [0.25, 0.3) is 0 Å². The third kappa shape index (κ3) is 0.650. The number of fused-ring (bicyclic) bond motifs is 1. The van der Waals surface area contributed by atoms with Crippen LogP contribution in [0.15, 0.2) is 4.99 Å². The van der Waals surface area contributed by atoms with Gasteiger partial charge in [-0.2, -0.15) is 0 Å². The highest BCUT2D eigenvalue weighted by atomic mass is 15.4. The van der Waals surface area contributed by atoms with Gasteiger partial charge in [0.15, 0.2) is 5.82 Å². The van der Waals surface area contributed by atoms with E-state index in [4.69, 9.17) is 0 Å². The van der Waals surface area contributed by atoms with Crippen molar-refractivity contribution in [3.05, 3.63) is 5.69 Å². The summed E-state index contributed by atoms with van der Waals surface area (Å²) in [7, 11) is 1.86. The van der Waals surface area contributed by atoms with Crippen LogP contribution in [0.4, 0.5) is 5.82 Å². The number of rotatable bonds is 0. The summed E-state index contributed by atoms with van der Waals surface area (Å²) in [4.78, 5) is 4.17. The number of hydrogen-bond donors (Lipinski definition) is 0. The van der Waals surface area contributed by atoms with Crippen molar-refractivity contribution in [1.29, 1.82) is 0 Å². The van der Waals surface area contributed by atoms with Crippen molar-refractivity contribution < 1.29 is 0 Å². The number of hydrogen-bond acceptors (Lipinski definition) is 3. The highest BCUT2D eigenvalue weighted by Crippen LogP contribution is 2.19. The lowest BCUT2D eigenvalue weighted by atomic mass is 10.2. The fraction of sp³-hybridized carbons (Fsp3) is 0.500. The Balaban J connectivity index is 2.57. The van der Waals surface area contributed by atoms with Gasteiger partial charge in [-0.1, -0.05) is 5.21 Å². The van der Waals surface area contributed by atoms with E-state index < -0.39 is 0 Å². The number of aromatic nitrogens is 3. The van der Waals surface area contributed by atoms with Gasteiger partial charge in [0.2, 0.25) is 0 Å². The normalized spacial score (nSPS) is 15.3. The molecule has 2 rings (SSSR count). The molecule has 1 aliphatic heterocycles. The smallest absolute Gasteiger partial charge is 0.173 e. The molecule has 0 unspecified atom stereocenters. The molecule has 1 aliphatic rings. The SMILES string of the molecule is Cn1nnc2c1N=CCC2. The zero-order chi connectivity index (χ0) is 6.97. The monoisotopic (exact) mass is 136 g/mol. The van der Waals surface area contributed by atoms with Crippen molar-refractivity contribution in [3.8, 4) is 0 Å². The van der Waals surface area contributed by atoms with Gasteiger partial charge in [0.1, 0.15) is 5.69 Å². The van der Waals surface area contributed by atoms with E-state index in [0.29, 0.717) is 0 Å². The molecular formula is C6H8N4. The second-order valence-corrected chi connectivity index (χ2v) is 2.33. The van der Waals surface area contributed by atoms with E-state index >= 15 is 0 Å². The van der Waals surface area contributed by atoms with Gasteiger partial charge >= 0.3 is 0 Å². The lowest BCUT2D eigenvalue weighted by Gasteiger charge is -2.00. The number of aryl methyl sites for hydroxylation is 2. The summed E-state index contributed by atoms with van der Waals surface area (Å²) in [5.41, 5.74) is 1.02. The second kappa shape index (κ2) is 1.90. The summed E-state index contributed by atoms with van der Waals surface area (Å²) in [6.45, 7) is 0. The Morgan fingerprint density at radius 3 is 3.30 bits per heavy atom.